The Labute approximate surface area is 135 Å². The first-order chi connectivity index (χ1) is 9.55. The van der Waals surface area contributed by atoms with Crippen molar-refractivity contribution in [2.24, 2.45) is 11.1 Å². The van der Waals surface area contributed by atoms with Crippen LogP contribution in [0.1, 0.15) is 44.7 Å². The summed E-state index contributed by atoms with van der Waals surface area (Å²) in [7, 11) is 0. The van der Waals surface area contributed by atoms with Crippen LogP contribution >= 0.6 is 27.5 Å². The lowest BCUT2D eigenvalue weighted by atomic mass is 9.82. The zero-order chi connectivity index (χ0) is 14.8. The predicted octanol–water partition coefficient (Wildman–Crippen LogP) is 4.61. The molecule has 2 N–H and O–H groups in total. The van der Waals surface area contributed by atoms with Crippen LogP contribution in [0.3, 0.4) is 0 Å². The summed E-state index contributed by atoms with van der Waals surface area (Å²) >= 11 is 9.67. The minimum absolute atomic E-state index is 0.279. The van der Waals surface area contributed by atoms with E-state index in [0.29, 0.717) is 12.0 Å². The molecule has 0 aromatic heterocycles. The Kier molecular flexibility index (Phi) is 5.52. The number of rotatable bonds is 5. The van der Waals surface area contributed by atoms with Gasteiger partial charge in [0.15, 0.2) is 0 Å². The van der Waals surface area contributed by atoms with Crippen LogP contribution in [0.4, 0.5) is 0 Å². The van der Waals surface area contributed by atoms with Gasteiger partial charge in [-0.2, -0.15) is 0 Å². The lowest BCUT2D eigenvalue weighted by Gasteiger charge is -2.31. The van der Waals surface area contributed by atoms with Gasteiger partial charge in [0.25, 0.3) is 0 Å². The second kappa shape index (κ2) is 6.78. The molecule has 0 saturated carbocycles. The molecule has 1 heterocycles. The highest BCUT2D eigenvalue weighted by Crippen LogP contribution is 2.41. The number of nitrogens with zero attached hydrogens (tertiary/aromatic N) is 1. The zero-order valence-corrected chi connectivity index (χ0v) is 14.7. The molecular weight excluding hydrogens is 336 g/mol. The normalized spacial score (nSPS) is 20.2. The fraction of sp³-hybridized carbons (Fsp3) is 0.625. The van der Waals surface area contributed by atoms with Gasteiger partial charge in [0.05, 0.1) is 0 Å². The number of hydrogen-bond acceptors (Lipinski definition) is 2. The molecule has 1 aromatic carbocycles. The molecule has 4 heteroatoms. The number of nitrogens with two attached hydrogens (primary N) is 1. The van der Waals surface area contributed by atoms with Gasteiger partial charge in [0.1, 0.15) is 0 Å². The van der Waals surface area contributed by atoms with Crippen molar-refractivity contribution in [2.75, 3.05) is 19.6 Å². The third-order valence-corrected chi connectivity index (χ3v) is 5.88. The molecule has 1 aromatic rings. The molecule has 0 spiro atoms. The summed E-state index contributed by atoms with van der Waals surface area (Å²) in [5.74, 6) is 0. The third kappa shape index (κ3) is 3.22. The lowest BCUT2D eigenvalue weighted by Crippen LogP contribution is -2.34. The number of benzene rings is 1. The van der Waals surface area contributed by atoms with Gasteiger partial charge in [-0.25, -0.2) is 0 Å². The van der Waals surface area contributed by atoms with Crippen molar-refractivity contribution < 1.29 is 0 Å². The van der Waals surface area contributed by atoms with E-state index in [4.69, 9.17) is 17.3 Å². The SMILES string of the molecule is CCC1(CC)CCN(C(CN)c2ccc(Cl)cc2Br)C1. The van der Waals surface area contributed by atoms with Gasteiger partial charge < -0.3 is 5.73 Å². The van der Waals surface area contributed by atoms with E-state index in [1.54, 1.807) is 0 Å². The first kappa shape index (κ1) is 16.3. The Morgan fingerprint density at radius 1 is 1.40 bits per heavy atom. The molecule has 2 nitrogen and oxygen atoms in total. The number of hydrogen-bond donors (Lipinski definition) is 1. The Bertz CT molecular complexity index is 460. The van der Waals surface area contributed by atoms with Gasteiger partial charge in [-0.05, 0) is 48.9 Å². The van der Waals surface area contributed by atoms with E-state index in [1.807, 2.05) is 12.1 Å². The summed E-state index contributed by atoms with van der Waals surface area (Å²) in [4.78, 5) is 2.54. The van der Waals surface area contributed by atoms with Gasteiger partial charge in [-0.15, -0.1) is 0 Å². The Morgan fingerprint density at radius 3 is 2.60 bits per heavy atom. The molecule has 20 heavy (non-hydrogen) atoms. The van der Waals surface area contributed by atoms with Crippen LogP contribution in [0.15, 0.2) is 22.7 Å². The average molecular weight is 360 g/mol. The summed E-state index contributed by atoms with van der Waals surface area (Å²) in [6.07, 6.45) is 3.78. The van der Waals surface area contributed by atoms with Crippen molar-refractivity contribution in [3.05, 3.63) is 33.3 Å². The molecule has 0 radical (unpaired) electrons. The van der Waals surface area contributed by atoms with Crippen LogP contribution in [0.5, 0.6) is 0 Å². The van der Waals surface area contributed by atoms with E-state index in [9.17, 15) is 0 Å². The Balaban J connectivity index is 2.21. The third-order valence-electron chi connectivity index (χ3n) is 4.95. The summed E-state index contributed by atoms with van der Waals surface area (Å²) in [5, 5.41) is 0.759. The topological polar surface area (TPSA) is 29.3 Å². The highest BCUT2D eigenvalue weighted by Gasteiger charge is 2.38. The lowest BCUT2D eigenvalue weighted by molar-refractivity contribution is 0.197. The maximum atomic E-state index is 6.07. The summed E-state index contributed by atoms with van der Waals surface area (Å²) in [5.41, 5.74) is 7.80. The standard InChI is InChI=1S/C16H24BrClN2/c1-3-16(4-2)7-8-20(11-16)15(10-19)13-6-5-12(18)9-14(13)17/h5-6,9,15H,3-4,7-8,10-11,19H2,1-2H3. The van der Waals surface area contributed by atoms with Crippen LogP contribution in [0, 0.1) is 5.41 Å². The molecular formula is C16H24BrClN2. The molecule has 0 bridgehead atoms. The molecule has 1 saturated heterocycles. The van der Waals surface area contributed by atoms with Gasteiger partial charge in [0.2, 0.25) is 0 Å². The van der Waals surface area contributed by atoms with Crippen LogP contribution in [0.2, 0.25) is 5.02 Å². The summed E-state index contributed by atoms with van der Waals surface area (Å²) < 4.78 is 1.06. The molecule has 1 atom stereocenters. The highest BCUT2D eigenvalue weighted by molar-refractivity contribution is 9.10. The second-order valence-electron chi connectivity index (χ2n) is 5.84. The second-order valence-corrected chi connectivity index (χ2v) is 7.14. The minimum Gasteiger partial charge on any atom is -0.329 e. The zero-order valence-electron chi connectivity index (χ0n) is 12.3. The van der Waals surface area contributed by atoms with Crippen LogP contribution in [0.25, 0.3) is 0 Å². The monoisotopic (exact) mass is 358 g/mol. The first-order valence-corrected chi connectivity index (χ1v) is 8.61. The van der Waals surface area contributed by atoms with E-state index in [-0.39, 0.29) is 6.04 Å². The Morgan fingerprint density at radius 2 is 2.10 bits per heavy atom. The summed E-state index contributed by atoms with van der Waals surface area (Å²) in [6, 6.07) is 6.29. The molecule has 0 amide bonds. The fourth-order valence-electron chi connectivity index (χ4n) is 3.31. The fourth-order valence-corrected chi connectivity index (χ4v) is 4.25. The summed E-state index contributed by atoms with van der Waals surface area (Å²) in [6.45, 7) is 7.55. The van der Waals surface area contributed by atoms with Gasteiger partial charge >= 0.3 is 0 Å². The van der Waals surface area contributed by atoms with E-state index >= 15 is 0 Å². The predicted molar refractivity (Wildman–Crippen MR) is 90.2 cm³/mol. The van der Waals surface area contributed by atoms with Crippen LogP contribution in [-0.4, -0.2) is 24.5 Å². The van der Waals surface area contributed by atoms with Crippen molar-refractivity contribution in [1.82, 2.24) is 4.90 Å². The van der Waals surface area contributed by atoms with Gasteiger partial charge in [-0.3, -0.25) is 4.90 Å². The minimum atomic E-state index is 0.279. The number of likely N-dealkylation sites (tertiary alicyclic amines) is 1. The van der Waals surface area contributed by atoms with Crippen LogP contribution < -0.4 is 5.73 Å². The van der Waals surface area contributed by atoms with Crippen molar-refractivity contribution in [2.45, 2.75) is 39.2 Å². The van der Waals surface area contributed by atoms with Crippen molar-refractivity contribution in [1.29, 1.82) is 0 Å². The molecule has 1 aliphatic heterocycles. The maximum Gasteiger partial charge on any atom is 0.0481 e. The number of halogens is 2. The van der Waals surface area contributed by atoms with Crippen molar-refractivity contribution >= 4 is 27.5 Å². The molecule has 1 aliphatic rings. The molecule has 1 fully saturated rings. The maximum absolute atomic E-state index is 6.07. The van der Waals surface area contributed by atoms with E-state index in [1.165, 1.54) is 24.8 Å². The molecule has 1 unspecified atom stereocenters. The van der Waals surface area contributed by atoms with Crippen LogP contribution in [-0.2, 0) is 0 Å². The highest BCUT2D eigenvalue weighted by atomic mass is 79.9. The molecule has 0 aliphatic carbocycles. The smallest absolute Gasteiger partial charge is 0.0481 e. The van der Waals surface area contributed by atoms with Gasteiger partial charge in [0, 0.05) is 28.6 Å². The first-order valence-electron chi connectivity index (χ1n) is 7.44. The largest absolute Gasteiger partial charge is 0.329 e. The molecule has 2 rings (SSSR count). The van der Waals surface area contributed by atoms with E-state index in [0.717, 1.165) is 22.6 Å². The van der Waals surface area contributed by atoms with E-state index in [2.05, 4.69) is 40.7 Å². The Hall–Kier alpha value is -0.0900. The quantitative estimate of drug-likeness (QED) is 0.831. The van der Waals surface area contributed by atoms with Gasteiger partial charge in [-0.1, -0.05) is 47.4 Å². The average Bonchev–Trinajstić information content (AvgIpc) is 2.87. The molecule has 112 valence electrons. The van der Waals surface area contributed by atoms with Crippen molar-refractivity contribution in [3.63, 3.8) is 0 Å². The van der Waals surface area contributed by atoms with Crippen molar-refractivity contribution in [3.8, 4) is 0 Å². The van der Waals surface area contributed by atoms with E-state index < -0.39 is 0 Å².